The molecule has 0 fully saturated rings. The van der Waals surface area contributed by atoms with E-state index in [0.717, 1.165) is 6.42 Å². The number of sulfone groups is 1. The van der Waals surface area contributed by atoms with Gasteiger partial charge in [0.1, 0.15) is 0 Å². The van der Waals surface area contributed by atoms with Crippen LogP contribution in [0, 0.1) is 5.41 Å². The Hall–Kier alpha value is -0.880. The van der Waals surface area contributed by atoms with Crippen molar-refractivity contribution in [3.05, 3.63) is 24.3 Å². The van der Waals surface area contributed by atoms with Crippen molar-refractivity contribution in [3.8, 4) is 0 Å². The molecular formula is C14H20ClF2NO2S. The topological polar surface area (TPSA) is 46.2 Å². The van der Waals surface area contributed by atoms with Crippen molar-refractivity contribution in [3.63, 3.8) is 0 Å². The normalized spacial score (nSPS) is 14.2. The number of hydrogen-bond donors (Lipinski definition) is 1. The Balaban J connectivity index is 2.93. The van der Waals surface area contributed by atoms with Crippen LogP contribution in [-0.4, -0.2) is 26.1 Å². The largest absolute Gasteiger partial charge is 0.382 e. The number of hydrogen-bond acceptors (Lipinski definition) is 3. The van der Waals surface area contributed by atoms with E-state index in [4.69, 9.17) is 11.6 Å². The van der Waals surface area contributed by atoms with E-state index < -0.39 is 15.6 Å². The van der Waals surface area contributed by atoms with Gasteiger partial charge in [-0.15, -0.1) is 11.6 Å². The van der Waals surface area contributed by atoms with Gasteiger partial charge in [-0.3, -0.25) is 0 Å². The summed E-state index contributed by atoms with van der Waals surface area (Å²) < 4.78 is 47.6. The second-order valence-electron chi connectivity index (χ2n) is 5.87. The van der Waals surface area contributed by atoms with Crippen LogP contribution in [0.1, 0.15) is 27.2 Å². The van der Waals surface area contributed by atoms with Crippen LogP contribution in [0.15, 0.2) is 29.2 Å². The van der Waals surface area contributed by atoms with Crippen LogP contribution < -0.4 is 5.32 Å². The Morgan fingerprint density at radius 1 is 1.19 bits per heavy atom. The van der Waals surface area contributed by atoms with E-state index in [1.54, 1.807) is 0 Å². The van der Waals surface area contributed by atoms with Gasteiger partial charge in [0, 0.05) is 17.6 Å². The summed E-state index contributed by atoms with van der Waals surface area (Å²) in [5.41, 5.74) is 0.635. The molecule has 0 saturated heterocycles. The van der Waals surface area contributed by atoms with Crippen LogP contribution in [0.3, 0.4) is 0 Å². The van der Waals surface area contributed by atoms with Crippen LogP contribution >= 0.6 is 11.6 Å². The number of halogens is 3. The molecule has 1 aromatic rings. The highest BCUT2D eigenvalue weighted by molar-refractivity contribution is 7.91. The third-order valence-corrected chi connectivity index (χ3v) is 4.82. The van der Waals surface area contributed by atoms with E-state index in [1.807, 2.05) is 0 Å². The maximum atomic E-state index is 12.4. The fraction of sp³-hybridized carbons (Fsp3) is 0.571. The Bertz CT molecular complexity index is 553. The van der Waals surface area contributed by atoms with Gasteiger partial charge in [-0.05, 0) is 36.1 Å². The van der Waals surface area contributed by atoms with Gasteiger partial charge in [-0.1, -0.05) is 20.8 Å². The second kappa shape index (κ2) is 6.92. The molecule has 0 heterocycles. The molecule has 3 nitrogen and oxygen atoms in total. The lowest BCUT2D eigenvalue weighted by Gasteiger charge is -2.32. The Morgan fingerprint density at radius 3 is 2.10 bits per heavy atom. The molecule has 0 aliphatic carbocycles. The molecule has 0 amide bonds. The molecule has 0 aliphatic rings. The van der Waals surface area contributed by atoms with Crippen molar-refractivity contribution in [2.45, 2.75) is 43.9 Å². The van der Waals surface area contributed by atoms with Gasteiger partial charge in [0.15, 0.2) is 0 Å². The molecule has 1 unspecified atom stereocenters. The molecule has 0 radical (unpaired) electrons. The van der Waals surface area contributed by atoms with Crippen LogP contribution in [0.2, 0.25) is 0 Å². The van der Waals surface area contributed by atoms with Crippen LogP contribution in [0.5, 0.6) is 0 Å². The minimum atomic E-state index is -4.54. The van der Waals surface area contributed by atoms with E-state index in [9.17, 15) is 17.2 Å². The highest BCUT2D eigenvalue weighted by Crippen LogP contribution is 2.27. The molecule has 0 saturated carbocycles. The molecule has 0 spiro atoms. The third kappa shape index (κ3) is 4.81. The van der Waals surface area contributed by atoms with Crippen LogP contribution in [0.25, 0.3) is 0 Å². The molecule has 120 valence electrons. The van der Waals surface area contributed by atoms with Gasteiger partial charge < -0.3 is 5.32 Å². The van der Waals surface area contributed by atoms with Crippen molar-refractivity contribution >= 4 is 27.1 Å². The molecule has 21 heavy (non-hydrogen) atoms. The number of nitrogens with one attached hydrogen (secondary N) is 1. The molecule has 1 aromatic carbocycles. The first-order valence-electron chi connectivity index (χ1n) is 6.53. The summed E-state index contributed by atoms with van der Waals surface area (Å²) in [6, 6.07) is 5.44. The smallest absolute Gasteiger partial charge is 0.341 e. The van der Waals surface area contributed by atoms with Crippen molar-refractivity contribution in [1.29, 1.82) is 0 Å². The quantitative estimate of drug-likeness (QED) is 0.792. The zero-order valence-electron chi connectivity index (χ0n) is 12.2. The summed E-state index contributed by atoms with van der Waals surface area (Å²) in [6.45, 7) is 6.19. The minimum Gasteiger partial charge on any atom is -0.382 e. The summed E-state index contributed by atoms with van der Waals surface area (Å²) in [7, 11) is -4.54. The van der Waals surface area contributed by atoms with Crippen LogP contribution in [0.4, 0.5) is 14.5 Å². The average molecular weight is 340 g/mol. The van der Waals surface area contributed by atoms with Gasteiger partial charge in [0.2, 0.25) is 9.84 Å². The number of benzene rings is 1. The second-order valence-corrected chi connectivity index (χ2v) is 8.17. The highest BCUT2D eigenvalue weighted by atomic mass is 35.5. The number of alkyl halides is 3. The SMILES string of the molecule is CC(C)(C)C(CCCl)Nc1ccc(S(=O)(=O)C(F)F)cc1. The van der Waals surface area contributed by atoms with Gasteiger partial charge in [-0.2, -0.15) is 8.78 Å². The summed E-state index contributed by atoms with van der Waals surface area (Å²) in [5.74, 6) is -2.91. The van der Waals surface area contributed by atoms with Crippen LogP contribution in [-0.2, 0) is 9.84 Å². The zero-order chi connectivity index (χ0) is 16.3. The zero-order valence-corrected chi connectivity index (χ0v) is 13.8. The van der Waals surface area contributed by atoms with Crippen molar-refractivity contribution in [2.75, 3.05) is 11.2 Å². The molecule has 7 heteroatoms. The Morgan fingerprint density at radius 2 is 1.71 bits per heavy atom. The van der Waals surface area contributed by atoms with Crippen molar-refractivity contribution in [1.82, 2.24) is 0 Å². The lowest BCUT2D eigenvalue weighted by molar-refractivity contribution is 0.234. The van der Waals surface area contributed by atoms with E-state index in [-0.39, 0.29) is 16.4 Å². The molecule has 1 atom stereocenters. The standard InChI is InChI=1S/C14H20ClF2NO2S/c1-14(2,3)12(8-9-15)18-10-4-6-11(7-5-10)21(19,20)13(16)17/h4-7,12-13,18H,8-9H2,1-3H3. The lowest BCUT2D eigenvalue weighted by Crippen LogP contribution is -2.34. The maximum absolute atomic E-state index is 12.4. The summed E-state index contributed by atoms with van der Waals surface area (Å²) in [4.78, 5) is -0.382. The summed E-state index contributed by atoms with van der Waals surface area (Å²) >= 11 is 5.79. The van der Waals surface area contributed by atoms with Gasteiger partial charge in [0.25, 0.3) is 0 Å². The summed E-state index contributed by atoms with van der Waals surface area (Å²) in [5, 5.41) is 3.26. The molecular weight excluding hydrogens is 320 g/mol. The predicted molar refractivity (Wildman–Crippen MR) is 81.8 cm³/mol. The van der Waals surface area contributed by atoms with E-state index in [1.165, 1.54) is 24.3 Å². The fourth-order valence-corrected chi connectivity index (χ4v) is 2.82. The first-order chi connectivity index (χ1) is 9.59. The van der Waals surface area contributed by atoms with E-state index >= 15 is 0 Å². The first-order valence-corrected chi connectivity index (χ1v) is 8.61. The van der Waals surface area contributed by atoms with E-state index in [2.05, 4.69) is 26.1 Å². The molecule has 0 bridgehead atoms. The first kappa shape index (κ1) is 18.2. The summed E-state index contributed by atoms with van der Waals surface area (Å²) in [6.07, 6.45) is 0.738. The van der Waals surface area contributed by atoms with Gasteiger partial charge in [-0.25, -0.2) is 8.42 Å². The number of anilines is 1. The Kier molecular flexibility index (Phi) is 5.99. The number of rotatable bonds is 6. The lowest BCUT2D eigenvalue weighted by atomic mass is 9.85. The molecule has 1 N–H and O–H groups in total. The molecule has 0 aromatic heterocycles. The molecule has 0 aliphatic heterocycles. The Labute approximate surface area is 129 Å². The predicted octanol–water partition coefficient (Wildman–Crippen LogP) is 4.14. The third-order valence-electron chi connectivity index (χ3n) is 3.20. The highest BCUT2D eigenvalue weighted by Gasteiger charge is 2.27. The van der Waals surface area contributed by atoms with E-state index in [0.29, 0.717) is 11.6 Å². The maximum Gasteiger partial charge on any atom is 0.341 e. The van der Waals surface area contributed by atoms with Crippen molar-refractivity contribution < 1.29 is 17.2 Å². The monoisotopic (exact) mass is 339 g/mol. The fourth-order valence-electron chi connectivity index (χ4n) is 1.88. The average Bonchev–Trinajstić information content (AvgIpc) is 2.37. The van der Waals surface area contributed by atoms with Gasteiger partial charge >= 0.3 is 5.76 Å². The molecule has 1 rings (SSSR count). The minimum absolute atomic E-state index is 0.0391. The van der Waals surface area contributed by atoms with Gasteiger partial charge in [0.05, 0.1) is 4.90 Å². The van der Waals surface area contributed by atoms with Crippen molar-refractivity contribution in [2.24, 2.45) is 5.41 Å².